The number of unbranched alkanes of at least 4 members (excludes halogenated alkanes) is 1. The summed E-state index contributed by atoms with van der Waals surface area (Å²) in [5, 5.41) is 14.2. The van der Waals surface area contributed by atoms with E-state index in [1.165, 1.54) is 0 Å². The topological polar surface area (TPSA) is 78.4 Å². The summed E-state index contributed by atoms with van der Waals surface area (Å²) in [6, 6.07) is -1.07. The van der Waals surface area contributed by atoms with Gasteiger partial charge in [0.15, 0.2) is 0 Å². The molecule has 0 aromatic rings. The van der Waals surface area contributed by atoms with Gasteiger partial charge in [0.1, 0.15) is 6.04 Å². The number of carbonyl (C=O) groups excluding carboxylic acids is 1. The summed E-state index contributed by atoms with van der Waals surface area (Å²) in [5.41, 5.74) is 0. The number of hydrogen-bond acceptors (Lipinski definition) is 2. The standard InChI is InChI=1S/C12H24N2O3/c1-4-7-8-10(11(15)16)14-12(17)13-9(5-2)6-3/h9-10H,4-8H2,1-3H3,(H,15,16)(H2,13,14,17). The third kappa shape index (κ3) is 6.81. The minimum atomic E-state index is -0.974. The van der Waals surface area contributed by atoms with Crippen molar-refractivity contribution in [2.45, 2.75) is 65.0 Å². The van der Waals surface area contributed by atoms with Crippen LogP contribution in [0, 0.1) is 0 Å². The molecular formula is C12H24N2O3. The maximum atomic E-state index is 11.6. The van der Waals surface area contributed by atoms with E-state index in [0.29, 0.717) is 6.42 Å². The molecule has 5 heteroatoms. The molecule has 0 fully saturated rings. The van der Waals surface area contributed by atoms with E-state index in [2.05, 4.69) is 10.6 Å². The predicted octanol–water partition coefficient (Wildman–Crippen LogP) is 2.12. The van der Waals surface area contributed by atoms with Crippen molar-refractivity contribution in [2.24, 2.45) is 0 Å². The summed E-state index contributed by atoms with van der Waals surface area (Å²) < 4.78 is 0. The van der Waals surface area contributed by atoms with Crippen molar-refractivity contribution in [3.63, 3.8) is 0 Å². The lowest BCUT2D eigenvalue weighted by atomic mass is 10.1. The third-order valence-corrected chi connectivity index (χ3v) is 2.77. The van der Waals surface area contributed by atoms with Gasteiger partial charge in [0, 0.05) is 6.04 Å². The number of amides is 2. The molecule has 100 valence electrons. The number of carbonyl (C=O) groups is 2. The second kappa shape index (κ2) is 8.84. The Morgan fingerprint density at radius 2 is 1.71 bits per heavy atom. The lowest BCUT2D eigenvalue weighted by Crippen LogP contribution is -2.48. The molecule has 0 aliphatic heterocycles. The number of hydrogen-bond donors (Lipinski definition) is 3. The smallest absolute Gasteiger partial charge is 0.326 e. The van der Waals surface area contributed by atoms with E-state index >= 15 is 0 Å². The summed E-state index contributed by atoms with van der Waals surface area (Å²) in [6.07, 6.45) is 3.87. The van der Waals surface area contributed by atoms with Crippen LogP contribution in [0.15, 0.2) is 0 Å². The molecule has 0 aromatic heterocycles. The van der Waals surface area contributed by atoms with Crippen LogP contribution in [0.5, 0.6) is 0 Å². The minimum Gasteiger partial charge on any atom is -0.480 e. The van der Waals surface area contributed by atoms with E-state index in [1.54, 1.807) is 0 Å². The predicted molar refractivity (Wildman–Crippen MR) is 67.0 cm³/mol. The number of nitrogens with one attached hydrogen (secondary N) is 2. The molecule has 0 aliphatic rings. The molecule has 0 rings (SSSR count). The van der Waals surface area contributed by atoms with Crippen LogP contribution in [0.3, 0.4) is 0 Å². The molecule has 5 nitrogen and oxygen atoms in total. The zero-order valence-corrected chi connectivity index (χ0v) is 11.0. The molecule has 0 bridgehead atoms. The van der Waals surface area contributed by atoms with E-state index in [0.717, 1.165) is 25.7 Å². The van der Waals surface area contributed by atoms with Crippen molar-refractivity contribution >= 4 is 12.0 Å². The number of aliphatic carboxylic acids is 1. The van der Waals surface area contributed by atoms with Crippen molar-refractivity contribution in [3.05, 3.63) is 0 Å². The molecule has 2 amide bonds. The molecule has 0 spiro atoms. The Labute approximate surface area is 103 Å². The number of carboxylic acids is 1. The zero-order chi connectivity index (χ0) is 13.3. The average Bonchev–Trinajstić information content (AvgIpc) is 2.30. The van der Waals surface area contributed by atoms with Crippen LogP contribution < -0.4 is 10.6 Å². The van der Waals surface area contributed by atoms with Crippen molar-refractivity contribution in [2.75, 3.05) is 0 Å². The van der Waals surface area contributed by atoms with Crippen LogP contribution in [0.1, 0.15) is 52.9 Å². The highest BCUT2D eigenvalue weighted by Crippen LogP contribution is 2.01. The van der Waals surface area contributed by atoms with Crippen LogP contribution in [-0.4, -0.2) is 29.2 Å². The quantitative estimate of drug-likeness (QED) is 0.612. The van der Waals surface area contributed by atoms with Crippen molar-refractivity contribution in [1.29, 1.82) is 0 Å². The van der Waals surface area contributed by atoms with Gasteiger partial charge < -0.3 is 15.7 Å². The molecule has 1 unspecified atom stereocenters. The first kappa shape index (κ1) is 15.7. The Morgan fingerprint density at radius 3 is 2.12 bits per heavy atom. The molecule has 0 aliphatic carbocycles. The Morgan fingerprint density at radius 1 is 1.12 bits per heavy atom. The normalized spacial score (nSPS) is 12.2. The van der Waals surface area contributed by atoms with Crippen LogP contribution in [0.2, 0.25) is 0 Å². The fourth-order valence-corrected chi connectivity index (χ4v) is 1.54. The SMILES string of the molecule is CCCCC(NC(=O)NC(CC)CC)C(=O)O. The fourth-order valence-electron chi connectivity index (χ4n) is 1.54. The van der Waals surface area contributed by atoms with Gasteiger partial charge in [-0.2, -0.15) is 0 Å². The van der Waals surface area contributed by atoms with E-state index in [-0.39, 0.29) is 12.1 Å². The molecule has 0 aromatic carbocycles. The summed E-state index contributed by atoms with van der Waals surface area (Å²) in [5.74, 6) is -0.974. The maximum Gasteiger partial charge on any atom is 0.326 e. The molecule has 3 N–H and O–H groups in total. The van der Waals surface area contributed by atoms with Gasteiger partial charge in [-0.25, -0.2) is 9.59 Å². The van der Waals surface area contributed by atoms with Gasteiger partial charge in [-0.05, 0) is 19.3 Å². The second-order valence-corrected chi connectivity index (χ2v) is 4.16. The number of rotatable bonds is 8. The Balaban J connectivity index is 4.15. The first-order chi connectivity index (χ1) is 8.04. The Kier molecular flexibility index (Phi) is 8.19. The Bertz CT molecular complexity index is 240. The van der Waals surface area contributed by atoms with E-state index < -0.39 is 12.0 Å². The summed E-state index contributed by atoms with van der Waals surface area (Å²) in [6.45, 7) is 5.96. The van der Waals surface area contributed by atoms with Crippen LogP contribution >= 0.6 is 0 Å². The molecule has 17 heavy (non-hydrogen) atoms. The average molecular weight is 244 g/mol. The first-order valence-electron chi connectivity index (χ1n) is 6.34. The van der Waals surface area contributed by atoms with Crippen LogP contribution in [0.4, 0.5) is 4.79 Å². The number of urea groups is 1. The van der Waals surface area contributed by atoms with Gasteiger partial charge in [-0.1, -0.05) is 33.6 Å². The Hall–Kier alpha value is -1.26. The van der Waals surface area contributed by atoms with Gasteiger partial charge in [-0.3, -0.25) is 0 Å². The van der Waals surface area contributed by atoms with E-state index in [4.69, 9.17) is 5.11 Å². The lowest BCUT2D eigenvalue weighted by molar-refractivity contribution is -0.139. The van der Waals surface area contributed by atoms with Gasteiger partial charge in [0.25, 0.3) is 0 Å². The van der Waals surface area contributed by atoms with Gasteiger partial charge in [-0.15, -0.1) is 0 Å². The largest absolute Gasteiger partial charge is 0.480 e. The van der Waals surface area contributed by atoms with E-state index in [9.17, 15) is 9.59 Å². The summed E-state index contributed by atoms with van der Waals surface area (Å²) in [7, 11) is 0. The molecule has 0 saturated heterocycles. The van der Waals surface area contributed by atoms with Crippen LogP contribution in [-0.2, 0) is 4.79 Å². The molecular weight excluding hydrogens is 220 g/mol. The fraction of sp³-hybridized carbons (Fsp3) is 0.833. The van der Waals surface area contributed by atoms with Crippen molar-refractivity contribution < 1.29 is 14.7 Å². The molecule has 0 heterocycles. The van der Waals surface area contributed by atoms with Gasteiger partial charge in [0.05, 0.1) is 0 Å². The highest BCUT2D eigenvalue weighted by Gasteiger charge is 2.19. The lowest BCUT2D eigenvalue weighted by Gasteiger charge is -2.18. The summed E-state index contributed by atoms with van der Waals surface area (Å²) in [4.78, 5) is 22.5. The number of carboxylic acid groups (broad SMARTS) is 1. The molecule has 0 radical (unpaired) electrons. The second-order valence-electron chi connectivity index (χ2n) is 4.16. The highest BCUT2D eigenvalue weighted by atomic mass is 16.4. The molecule has 1 atom stereocenters. The summed E-state index contributed by atoms with van der Waals surface area (Å²) >= 11 is 0. The van der Waals surface area contributed by atoms with Crippen molar-refractivity contribution in [3.8, 4) is 0 Å². The minimum absolute atomic E-state index is 0.107. The highest BCUT2D eigenvalue weighted by molar-refractivity contribution is 5.82. The maximum absolute atomic E-state index is 11.6. The van der Waals surface area contributed by atoms with Gasteiger partial charge >= 0.3 is 12.0 Å². The first-order valence-corrected chi connectivity index (χ1v) is 6.34. The van der Waals surface area contributed by atoms with Crippen LogP contribution in [0.25, 0.3) is 0 Å². The van der Waals surface area contributed by atoms with E-state index in [1.807, 2.05) is 20.8 Å². The third-order valence-electron chi connectivity index (χ3n) is 2.77. The monoisotopic (exact) mass is 244 g/mol. The molecule has 0 saturated carbocycles. The zero-order valence-electron chi connectivity index (χ0n) is 11.0. The van der Waals surface area contributed by atoms with Gasteiger partial charge in [0.2, 0.25) is 0 Å². The van der Waals surface area contributed by atoms with Crippen molar-refractivity contribution in [1.82, 2.24) is 10.6 Å².